The third kappa shape index (κ3) is 4.69. The van der Waals surface area contributed by atoms with Gasteiger partial charge in [0.05, 0.1) is 0 Å². The average Bonchev–Trinajstić information content (AvgIpc) is 2.15. The molecule has 1 aliphatic heterocycles. The van der Waals surface area contributed by atoms with Crippen molar-refractivity contribution in [3.63, 3.8) is 0 Å². The van der Waals surface area contributed by atoms with Crippen molar-refractivity contribution < 1.29 is 9.59 Å². The standard InChI is InChI=1S/C6H12N2O.C3H7NO/c1-7-4-3-5-8(2)6(7)9;1-4(2)3-5/h3-5H2,1-2H3;3H,1-2H3. The number of carbonyl (C=O) groups is 2. The van der Waals surface area contributed by atoms with E-state index in [1.165, 1.54) is 4.90 Å². The van der Waals surface area contributed by atoms with Gasteiger partial charge in [0.15, 0.2) is 0 Å². The molecule has 0 saturated carbocycles. The summed E-state index contributed by atoms with van der Waals surface area (Å²) in [5.74, 6) is 0. The van der Waals surface area contributed by atoms with E-state index in [-0.39, 0.29) is 6.03 Å². The summed E-state index contributed by atoms with van der Waals surface area (Å²) in [6, 6.07) is 0.140. The lowest BCUT2D eigenvalue weighted by molar-refractivity contribution is -0.115. The van der Waals surface area contributed by atoms with Gasteiger partial charge >= 0.3 is 6.03 Å². The van der Waals surface area contributed by atoms with Gasteiger partial charge in [-0.25, -0.2) is 4.79 Å². The Hall–Kier alpha value is -1.26. The first kappa shape index (κ1) is 12.7. The van der Waals surface area contributed by atoms with Crippen LogP contribution in [-0.4, -0.2) is 68.4 Å². The fraction of sp³-hybridized carbons (Fsp3) is 0.778. The Labute approximate surface area is 85.3 Å². The molecule has 0 N–H and O–H groups in total. The van der Waals surface area contributed by atoms with Crippen LogP contribution in [0, 0.1) is 0 Å². The van der Waals surface area contributed by atoms with Gasteiger partial charge in [-0.3, -0.25) is 4.79 Å². The van der Waals surface area contributed by atoms with Crippen molar-refractivity contribution in [3.8, 4) is 0 Å². The fourth-order valence-corrected chi connectivity index (χ4v) is 1.03. The molecule has 14 heavy (non-hydrogen) atoms. The number of hydrogen-bond donors (Lipinski definition) is 0. The van der Waals surface area contributed by atoms with Crippen LogP contribution in [0.15, 0.2) is 0 Å². The summed E-state index contributed by atoms with van der Waals surface area (Å²) >= 11 is 0. The van der Waals surface area contributed by atoms with Gasteiger partial charge in [0.25, 0.3) is 0 Å². The molecule has 1 aliphatic rings. The van der Waals surface area contributed by atoms with E-state index in [1.54, 1.807) is 23.9 Å². The Morgan fingerprint density at radius 2 is 1.57 bits per heavy atom. The van der Waals surface area contributed by atoms with E-state index in [1.807, 2.05) is 14.1 Å². The molecule has 0 aromatic rings. The SMILES string of the molecule is CN(C)C=O.CN1CCCN(C)C1=O. The molecule has 0 aliphatic carbocycles. The van der Waals surface area contributed by atoms with E-state index >= 15 is 0 Å². The van der Waals surface area contributed by atoms with Crippen LogP contribution in [0.5, 0.6) is 0 Å². The van der Waals surface area contributed by atoms with Crippen LogP contribution in [0.1, 0.15) is 6.42 Å². The fourth-order valence-electron chi connectivity index (χ4n) is 1.03. The Balaban J connectivity index is 0.000000292. The maximum Gasteiger partial charge on any atom is 0.319 e. The van der Waals surface area contributed by atoms with Gasteiger partial charge in [-0.1, -0.05) is 0 Å². The second-order valence-corrected chi connectivity index (χ2v) is 3.55. The summed E-state index contributed by atoms with van der Waals surface area (Å²) in [5.41, 5.74) is 0. The Kier molecular flexibility index (Phi) is 5.67. The quantitative estimate of drug-likeness (QED) is 0.564. The lowest BCUT2D eigenvalue weighted by atomic mass is 10.3. The molecule has 1 rings (SSSR count). The third-order valence-corrected chi connectivity index (χ3v) is 1.85. The first-order valence-electron chi connectivity index (χ1n) is 4.57. The lowest BCUT2D eigenvalue weighted by Crippen LogP contribution is -2.44. The molecule has 1 fully saturated rings. The van der Waals surface area contributed by atoms with Crippen molar-refractivity contribution >= 4 is 12.4 Å². The zero-order valence-corrected chi connectivity index (χ0v) is 9.36. The normalized spacial score (nSPS) is 15.9. The van der Waals surface area contributed by atoms with Crippen molar-refractivity contribution in [1.82, 2.24) is 14.7 Å². The third-order valence-electron chi connectivity index (χ3n) is 1.85. The molecular weight excluding hydrogens is 182 g/mol. The summed E-state index contributed by atoms with van der Waals surface area (Å²) in [4.78, 5) is 25.3. The molecular formula is C9H19N3O2. The highest BCUT2D eigenvalue weighted by Gasteiger charge is 2.17. The highest BCUT2D eigenvalue weighted by Crippen LogP contribution is 2.02. The van der Waals surface area contributed by atoms with Crippen molar-refractivity contribution in [1.29, 1.82) is 0 Å². The number of nitrogens with zero attached hydrogens (tertiary/aromatic N) is 3. The second kappa shape index (κ2) is 6.23. The number of carbonyl (C=O) groups excluding carboxylic acids is 2. The smallest absolute Gasteiger partial charge is 0.319 e. The van der Waals surface area contributed by atoms with Crippen LogP contribution in [0.2, 0.25) is 0 Å². The maximum absolute atomic E-state index is 11.0. The van der Waals surface area contributed by atoms with Gasteiger partial charge in [0.2, 0.25) is 6.41 Å². The minimum absolute atomic E-state index is 0.140. The summed E-state index contributed by atoms with van der Waals surface area (Å²) in [6.07, 6.45) is 1.85. The van der Waals surface area contributed by atoms with Gasteiger partial charge in [-0.15, -0.1) is 0 Å². The van der Waals surface area contributed by atoms with Crippen LogP contribution < -0.4 is 0 Å². The minimum Gasteiger partial charge on any atom is -0.351 e. The molecule has 0 spiro atoms. The predicted octanol–water partition coefficient (Wildman–Crippen LogP) is 0.0781. The zero-order valence-electron chi connectivity index (χ0n) is 9.36. The topological polar surface area (TPSA) is 43.9 Å². The van der Waals surface area contributed by atoms with E-state index in [2.05, 4.69) is 0 Å². The summed E-state index contributed by atoms with van der Waals surface area (Å²) in [7, 11) is 7.04. The van der Waals surface area contributed by atoms with E-state index in [9.17, 15) is 9.59 Å². The van der Waals surface area contributed by atoms with E-state index in [0.717, 1.165) is 25.9 Å². The first-order valence-corrected chi connectivity index (χ1v) is 4.57. The van der Waals surface area contributed by atoms with E-state index in [0.29, 0.717) is 0 Å². The second-order valence-electron chi connectivity index (χ2n) is 3.55. The molecule has 5 nitrogen and oxygen atoms in total. The number of urea groups is 1. The Morgan fingerprint density at radius 3 is 1.79 bits per heavy atom. The Bertz CT molecular complexity index is 182. The molecule has 0 unspecified atom stereocenters. The van der Waals surface area contributed by atoms with Gasteiger partial charge in [-0.2, -0.15) is 0 Å². The van der Waals surface area contributed by atoms with Crippen LogP contribution >= 0.6 is 0 Å². The number of amides is 3. The van der Waals surface area contributed by atoms with Crippen molar-refractivity contribution in [2.24, 2.45) is 0 Å². The Morgan fingerprint density at radius 1 is 1.21 bits per heavy atom. The van der Waals surface area contributed by atoms with Gasteiger partial charge in [0.1, 0.15) is 0 Å². The van der Waals surface area contributed by atoms with Crippen molar-refractivity contribution in [2.45, 2.75) is 6.42 Å². The highest BCUT2D eigenvalue weighted by atomic mass is 16.2. The highest BCUT2D eigenvalue weighted by molar-refractivity contribution is 5.74. The number of hydrogen-bond acceptors (Lipinski definition) is 2. The average molecular weight is 201 g/mol. The molecule has 0 bridgehead atoms. The van der Waals surface area contributed by atoms with Gasteiger partial charge in [-0.05, 0) is 6.42 Å². The zero-order chi connectivity index (χ0) is 11.1. The van der Waals surface area contributed by atoms with E-state index in [4.69, 9.17) is 0 Å². The minimum atomic E-state index is 0.140. The van der Waals surface area contributed by atoms with E-state index < -0.39 is 0 Å². The van der Waals surface area contributed by atoms with Crippen molar-refractivity contribution in [2.75, 3.05) is 41.3 Å². The van der Waals surface area contributed by atoms with Crippen molar-refractivity contribution in [3.05, 3.63) is 0 Å². The molecule has 0 aromatic heterocycles. The largest absolute Gasteiger partial charge is 0.351 e. The van der Waals surface area contributed by atoms with Crippen LogP contribution in [0.4, 0.5) is 4.79 Å². The number of rotatable bonds is 1. The monoisotopic (exact) mass is 201 g/mol. The molecule has 0 radical (unpaired) electrons. The molecule has 0 atom stereocenters. The van der Waals surface area contributed by atoms with Crippen LogP contribution in [0.25, 0.3) is 0 Å². The van der Waals surface area contributed by atoms with Crippen LogP contribution in [-0.2, 0) is 4.79 Å². The molecule has 5 heteroatoms. The maximum atomic E-state index is 11.0. The summed E-state index contributed by atoms with van der Waals surface area (Å²) in [6.45, 7) is 1.81. The molecule has 1 heterocycles. The van der Waals surface area contributed by atoms with Gasteiger partial charge < -0.3 is 14.7 Å². The molecule has 0 aromatic carbocycles. The molecule has 82 valence electrons. The van der Waals surface area contributed by atoms with Gasteiger partial charge in [0, 0.05) is 41.3 Å². The molecule has 1 saturated heterocycles. The predicted molar refractivity (Wildman–Crippen MR) is 55.0 cm³/mol. The molecule has 3 amide bonds. The summed E-state index contributed by atoms with van der Waals surface area (Å²) < 4.78 is 0. The lowest BCUT2D eigenvalue weighted by Gasteiger charge is -2.30. The first-order chi connectivity index (χ1) is 6.49. The summed E-state index contributed by atoms with van der Waals surface area (Å²) in [5, 5.41) is 0. The van der Waals surface area contributed by atoms with Crippen LogP contribution in [0.3, 0.4) is 0 Å².